The van der Waals surface area contributed by atoms with Crippen molar-refractivity contribution >= 4 is 23.2 Å². The van der Waals surface area contributed by atoms with E-state index in [4.69, 9.17) is 32.7 Å². The molecule has 1 fully saturated rings. The van der Waals surface area contributed by atoms with Gasteiger partial charge in [0.15, 0.2) is 0 Å². The number of unbranched alkanes of at least 4 members (excludes halogenated alkanes) is 1. The van der Waals surface area contributed by atoms with Crippen LogP contribution in [0.1, 0.15) is 26.7 Å². The summed E-state index contributed by atoms with van der Waals surface area (Å²) in [5.41, 5.74) is 0.852. The maximum atomic E-state index is 6.05. The number of hydrogen-bond donors (Lipinski definition) is 0. The molecule has 1 aromatic carbocycles. The van der Waals surface area contributed by atoms with Crippen LogP contribution < -0.4 is 4.74 Å². The molecule has 3 rings (SSSR count). The van der Waals surface area contributed by atoms with Crippen molar-refractivity contribution in [2.45, 2.75) is 38.9 Å². The second kappa shape index (κ2) is 9.09. The van der Waals surface area contributed by atoms with Gasteiger partial charge >= 0.3 is 0 Å². The Labute approximate surface area is 164 Å². The predicted octanol–water partition coefficient (Wildman–Crippen LogP) is 4.45. The molecule has 1 saturated heterocycles. The normalized spacial score (nSPS) is 21.1. The molecule has 142 valence electrons. The van der Waals surface area contributed by atoms with E-state index in [1.165, 1.54) is 0 Å². The number of morpholine rings is 1. The zero-order chi connectivity index (χ0) is 18.5. The molecular formula is C19H25Cl2N3O2. The van der Waals surface area contributed by atoms with Crippen LogP contribution in [0.4, 0.5) is 0 Å². The third kappa shape index (κ3) is 5.36. The van der Waals surface area contributed by atoms with Crippen molar-refractivity contribution < 1.29 is 9.47 Å². The molecule has 26 heavy (non-hydrogen) atoms. The van der Waals surface area contributed by atoms with Crippen molar-refractivity contribution in [2.24, 2.45) is 0 Å². The number of rotatable bonds is 7. The Morgan fingerprint density at radius 3 is 2.62 bits per heavy atom. The van der Waals surface area contributed by atoms with Gasteiger partial charge in [-0.2, -0.15) is 0 Å². The summed E-state index contributed by atoms with van der Waals surface area (Å²) in [7, 11) is 0. The standard InChI is InChI=1S/C19H25Cl2N3O2/c1-14-12-23(13-15(2)26-14)8-3-4-10-25-19-7-9-24(22-19)16-5-6-17(20)18(21)11-16/h5-7,9,11,14-15H,3-4,8,10,12-13H2,1-2H3/t14-,15-/m1/s1. The summed E-state index contributed by atoms with van der Waals surface area (Å²) in [5.74, 6) is 0.615. The molecule has 7 heteroatoms. The second-order valence-electron chi connectivity index (χ2n) is 6.77. The number of halogens is 2. The van der Waals surface area contributed by atoms with Crippen molar-refractivity contribution in [2.75, 3.05) is 26.2 Å². The number of benzene rings is 1. The fourth-order valence-electron chi connectivity index (χ4n) is 3.24. The lowest BCUT2D eigenvalue weighted by Gasteiger charge is -2.35. The van der Waals surface area contributed by atoms with E-state index in [9.17, 15) is 0 Å². The Hall–Kier alpha value is -1.27. The fraction of sp³-hybridized carbons (Fsp3) is 0.526. The topological polar surface area (TPSA) is 39.5 Å². The first kappa shape index (κ1) is 19.5. The number of nitrogens with zero attached hydrogens (tertiary/aromatic N) is 3. The molecule has 1 aliphatic rings. The quantitative estimate of drug-likeness (QED) is 0.647. The van der Waals surface area contributed by atoms with Gasteiger partial charge < -0.3 is 9.47 Å². The van der Waals surface area contributed by atoms with Crippen LogP contribution in [0.3, 0.4) is 0 Å². The number of hydrogen-bond acceptors (Lipinski definition) is 4. The molecule has 1 aliphatic heterocycles. The molecule has 0 unspecified atom stereocenters. The molecule has 2 atom stereocenters. The maximum absolute atomic E-state index is 6.05. The van der Waals surface area contributed by atoms with Crippen LogP contribution >= 0.6 is 23.2 Å². The lowest BCUT2D eigenvalue weighted by atomic mass is 10.2. The third-order valence-electron chi connectivity index (χ3n) is 4.35. The zero-order valence-corrected chi connectivity index (χ0v) is 16.7. The summed E-state index contributed by atoms with van der Waals surface area (Å²) >= 11 is 12.0. The van der Waals surface area contributed by atoms with Crippen molar-refractivity contribution in [1.29, 1.82) is 0 Å². The summed E-state index contributed by atoms with van der Waals surface area (Å²) in [6.07, 6.45) is 4.60. The highest BCUT2D eigenvalue weighted by atomic mass is 35.5. The summed E-state index contributed by atoms with van der Waals surface area (Å²) in [6.45, 7) is 8.04. The highest BCUT2D eigenvalue weighted by Gasteiger charge is 2.21. The van der Waals surface area contributed by atoms with Gasteiger partial charge in [-0.05, 0) is 51.4 Å². The largest absolute Gasteiger partial charge is 0.477 e. The van der Waals surface area contributed by atoms with Gasteiger partial charge in [0.1, 0.15) is 0 Å². The molecule has 0 aliphatic carbocycles. The lowest BCUT2D eigenvalue weighted by molar-refractivity contribution is -0.0682. The first-order valence-electron chi connectivity index (χ1n) is 9.03. The lowest BCUT2D eigenvalue weighted by Crippen LogP contribution is -2.45. The van der Waals surface area contributed by atoms with Crippen molar-refractivity contribution in [3.63, 3.8) is 0 Å². The Bertz CT molecular complexity index is 713. The van der Waals surface area contributed by atoms with Crippen LogP contribution in [-0.4, -0.2) is 53.1 Å². The Morgan fingerprint density at radius 1 is 1.12 bits per heavy atom. The molecule has 2 aromatic rings. The minimum Gasteiger partial charge on any atom is -0.477 e. The number of ether oxygens (including phenoxy) is 2. The summed E-state index contributed by atoms with van der Waals surface area (Å²) in [4.78, 5) is 2.47. The first-order valence-corrected chi connectivity index (χ1v) is 9.78. The van der Waals surface area contributed by atoms with Crippen LogP contribution in [0, 0.1) is 0 Å². The second-order valence-corrected chi connectivity index (χ2v) is 7.58. The van der Waals surface area contributed by atoms with E-state index in [-0.39, 0.29) is 0 Å². The van der Waals surface area contributed by atoms with E-state index in [1.54, 1.807) is 16.8 Å². The molecule has 0 bridgehead atoms. The van der Waals surface area contributed by atoms with Gasteiger partial charge in [-0.1, -0.05) is 23.2 Å². The van der Waals surface area contributed by atoms with Gasteiger partial charge in [-0.15, -0.1) is 5.10 Å². The Balaban J connectivity index is 1.40. The van der Waals surface area contributed by atoms with Crippen LogP contribution in [-0.2, 0) is 4.74 Å². The predicted molar refractivity (Wildman–Crippen MR) is 105 cm³/mol. The van der Waals surface area contributed by atoms with Gasteiger partial charge in [-0.3, -0.25) is 4.90 Å². The van der Waals surface area contributed by atoms with Gasteiger partial charge in [-0.25, -0.2) is 4.68 Å². The van der Waals surface area contributed by atoms with Gasteiger partial charge in [0, 0.05) is 25.4 Å². The van der Waals surface area contributed by atoms with Crippen LogP contribution in [0.15, 0.2) is 30.5 Å². The molecule has 2 heterocycles. The van der Waals surface area contributed by atoms with Gasteiger partial charge in [0.2, 0.25) is 5.88 Å². The van der Waals surface area contributed by atoms with Crippen molar-refractivity contribution in [3.8, 4) is 11.6 Å². The maximum Gasteiger partial charge on any atom is 0.233 e. The van der Waals surface area contributed by atoms with Crippen LogP contribution in [0.25, 0.3) is 5.69 Å². The average molecular weight is 398 g/mol. The zero-order valence-electron chi connectivity index (χ0n) is 15.2. The molecule has 1 aromatic heterocycles. The van der Waals surface area contributed by atoms with E-state index in [1.807, 2.05) is 18.3 Å². The van der Waals surface area contributed by atoms with E-state index in [0.29, 0.717) is 34.7 Å². The van der Waals surface area contributed by atoms with Gasteiger partial charge in [0.25, 0.3) is 0 Å². The molecule has 0 radical (unpaired) electrons. The number of aromatic nitrogens is 2. The summed E-state index contributed by atoms with van der Waals surface area (Å²) in [5, 5.41) is 5.46. The first-order chi connectivity index (χ1) is 12.5. The molecule has 5 nitrogen and oxygen atoms in total. The van der Waals surface area contributed by atoms with Crippen molar-refractivity contribution in [1.82, 2.24) is 14.7 Å². The summed E-state index contributed by atoms with van der Waals surface area (Å²) < 4.78 is 13.3. The highest BCUT2D eigenvalue weighted by molar-refractivity contribution is 6.42. The molecule has 0 spiro atoms. The molecule has 0 N–H and O–H groups in total. The Morgan fingerprint density at radius 2 is 1.88 bits per heavy atom. The SMILES string of the molecule is C[C@@H]1CN(CCCCOc2ccn(-c3ccc(Cl)c(Cl)c3)n2)C[C@@H](C)O1. The average Bonchev–Trinajstić information content (AvgIpc) is 3.05. The van der Waals surface area contributed by atoms with Crippen molar-refractivity contribution in [3.05, 3.63) is 40.5 Å². The molecule has 0 saturated carbocycles. The van der Waals surface area contributed by atoms with Crippen LogP contribution in [0.2, 0.25) is 10.0 Å². The highest BCUT2D eigenvalue weighted by Crippen LogP contribution is 2.24. The fourth-order valence-corrected chi connectivity index (χ4v) is 3.53. The monoisotopic (exact) mass is 397 g/mol. The van der Waals surface area contributed by atoms with Gasteiger partial charge in [0.05, 0.1) is 34.5 Å². The molecule has 0 amide bonds. The molecular weight excluding hydrogens is 373 g/mol. The van der Waals surface area contributed by atoms with Crippen LogP contribution in [0.5, 0.6) is 5.88 Å². The minimum absolute atomic E-state index is 0.320. The summed E-state index contributed by atoms with van der Waals surface area (Å²) in [6, 6.07) is 7.27. The Kier molecular flexibility index (Phi) is 6.81. The van der Waals surface area contributed by atoms with E-state index in [0.717, 1.165) is 38.2 Å². The van der Waals surface area contributed by atoms with E-state index in [2.05, 4.69) is 23.8 Å². The smallest absolute Gasteiger partial charge is 0.233 e. The minimum atomic E-state index is 0.320. The third-order valence-corrected chi connectivity index (χ3v) is 5.09. The van der Waals surface area contributed by atoms with E-state index < -0.39 is 0 Å². The van der Waals surface area contributed by atoms with E-state index >= 15 is 0 Å².